The van der Waals surface area contributed by atoms with Crippen molar-refractivity contribution < 1.29 is 14.3 Å². The van der Waals surface area contributed by atoms with Crippen molar-refractivity contribution in [2.75, 3.05) is 11.9 Å². The fourth-order valence-corrected chi connectivity index (χ4v) is 6.42. The van der Waals surface area contributed by atoms with E-state index in [1.807, 2.05) is 79.0 Å². The van der Waals surface area contributed by atoms with E-state index in [1.165, 1.54) is 16.7 Å². The predicted octanol–water partition coefficient (Wildman–Crippen LogP) is 9.71. The maximum absolute atomic E-state index is 12.8. The minimum atomic E-state index is -0.319. The molecule has 0 spiro atoms. The summed E-state index contributed by atoms with van der Waals surface area (Å²) in [7, 11) is 0. The molecule has 7 nitrogen and oxygen atoms in total. The van der Waals surface area contributed by atoms with Crippen molar-refractivity contribution in [3.8, 4) is 22.8 Å². The lowest BCUT2D eigenvalue weighted by Crippen LogP contribution is -2.17. The molecule has 0 aliphatic rings. The molecular formula is C36H28ClIN4O3S. The number of halogens is 2. The maximum Gasteiger partial charge on any atom is 0.271 e. The minimum absolute atomic E-state index is 0.319. The predicted molar refractivity (Wildman–Crippen MR) is 196 cm³/mol. The Morgan fingerprint density at radius 3 is 2.57 bits per heavy atom. The smallest absolute Gasteiger partial charge is 0.271 e. The van der Waals surface area contributed by atoms with E-state index in [0.29, 0.717) is 35.3 Å². The van der Waals surface area contributed by atoms with Crippen LogP contribution in [-0.4, -0.2) is 23.7 Å². The second-order valence-corrected chi connectivity index (χ2v) is 12.6. The number of rotatable bonds is 11. The van der Waals surface area contributed by atoms with Crippen molar-refractivity contribution in [3.05, 3.63) is 134 Å². The number of ether oxygens (including phenoxy) is 2. The van der Waals surface area contributed by atoms with Crippen molar-refractivity contribution in [2.45, 2.75) is 13.5 Å². The Morgan fingerprint density at radius 2 is 1.76 bits per heavy atom. The second-order valence-electron chi connectivity index (χ2n) is 10.1. The summed E-state index contributed by atoms with van der Waals surface area (Å²) in [5, 5.41) is 13.2. The van der Waals surface area contributed by atoms with Crippen LogP contribution in [0.5, 0.6) is 11.5 Å². The Hall–Kier alpha value is -4.45. The Bertz CT molecular complexity index is 2010. The first-order valence-corrected chi connectivity index (χ1v) is 16.8. The molecule has 1 heterocycles. The summed E-state index contributed by atoms with van der Waals surface area (Å²) in [6.07, 6.45) is 1.59. The molecule has 46 heavy (non-hydrogen) atoms. The third kappa shape index (κ3) is 7.67. The quantitative estimate of drug-likeness (QED) is 0.0781. The molecule has 0 radical (unpaired) electrons. The monoisotopic (exact) mass is 758 g/mol. The van der Waals surface area contributed by atoms with Gasteiger partial charge in [-0.05, 0) is 99.9 Å². The summed E-state index contributed by atoms with van der Waals surface area (Å²) in [6, 6.07) is 33.0. The number of anilines is 2. The largest absolute Gasteiger partial charge is 0.490 e. The molecule has 6 rings (SSSR count). The molecule has 0 saturated heterocycles. The summed E-state index contributed by atoms with van der Waals surface area (Å²) < 4.78 is 13.1. The fourth-order valence-electron chi connectivity index (χ4n) is 4.78. The lowest BCUT2D eigenvalue weighted by Gasteiger charge is -2.15. The maximum atomic E-state index is 12.8. The van der Waals surface area contributed by atoms with Gasteiger partial charge in [-0.2, -0.15) is 5.10 Å². The second kappa shape index (κ2) is 14.8. The van der Waals surface area contributed by atoms with Crippen LogP contribution in [0.3, 0.4) is 0 Å². The van der Waals surface area contributed by atoms with Crippen LogP contribution < -0.4 is 20.2 Å². The first kappa shape index (κ1) is 31.5. The lowest BCUT2D eigenvalue weighted by atomic mass is 10.1. The van der Waals surface area contributed by atoms with Crippen molar-refractivity contribution >= 4 is 79.2 Å². The number of nitrogens with one attached hydrogen (secondary N) is 2. The van der Waals surface area contributed by atoms with E-state index >= 15 is 0 Å². The van der Waals surface area contributed by atoms with Crippen LogP contribution in [0.1, 0.15) is 28.4 Å². The standard InChI is InChI=1S/C36H28ClIN4O3S/c1-2-44-33-19-23(18-31(38)34(33)45-21-27-8-5-7-24-6-3-4-9-30(24)27)20-39-42-35(43)26-12-10-25(11-13-26)32-22-46-36(41-32)40-29-16-14-28(37)15-17-29/h3-20,22H,2,21H2,1H3,(H,40,41)(H,42,43)/b39-20-. The van der Waals surface area contributed by atoms with Crippen molar-refractivity contribution in [3.63, 3.8) is 0 Å². The number of carbonyl (C=O) groups is 1. The molecule has 0 unspecified atom stereocenters. The molecule has 6 aromatic rings. The average Bonchev–Trinajstić information content (AvgIpc) is 3.54. The zero-order chi connectivity index (χ0) is 31.9. The Labute approximate surface area is 289 Å². The highest BCUT2D eigenvalue weighted by Crippen LogP contribution is 2.35. The summed E-state index contributed by atoms with van der Waals surface area (Å²) in [5.41, 5.74) is 7.59. The molecule has 0 aliphatic carbocycles. The zero-order valence-electron chi connectivity index (χ0n) is 24.7. The highest BCUT2D eigenvalue weighted by atomic mass is 127. The van der Waals surface area contributed by atoms with Gasteiger partial charge in [0.1, 0.15) is 6.61 Å². The van der Waals surface area contributed by atoms with Gasteiger partial charge in [-0.25, -0.2) is 10.4 Å². The van der Waals surface area contributed by atoms with E-state index in [0.717, 1.165) is 42.2 Å². The van der Waals surface area contributed by atoms with Crippen molar-refractivity contribution in [2.24, 2.45) is 5.10 Å². The average molecular weight is 759 g/mol. The molecule has 0 bridgehead atoms. The normalized spacial score (nSPS) is 11.1. The highest BCUT2D eigenvalue weighted by molar-refractivity contribution is 14.1. The number of carbonyl (C=O) groups excluding carboxylic acids is 1. The minimum Gasteiger partial charge on any atom is -0.490 e. The Morgan fingerprint density at radius 1 is 0.978 bits per heavy atom. The molecule has 0 saturated carbocycles. The van der Waals surface area contributed by atoms with Crippen LogP contribution in [0.4, 0.5) is 10.8 Å². The van der Waals surface area contributed by atoms with Gasteiger partial charge < -0.3 is 14.8 Å². The van der Waals surface area contributed by atoms with E-state index < -0.39 is 0 Å². The van der Waals surface area contributed by atoms with Crippen LogP contribution in [0.2, 0.25) is 5.02 Å². The number of hydrogen-bond donors (Lipinski definition) is 2. The van der Waals surface area contributed by atoms with Crippen LogP contribution in [0, 0.1) is 3.57 Å². The fraction of sp³-hybridized carbons (Fsp3) is 0.0833. The van der Waals surface area contributed by atoms with Crippen molar-refractivity contribution in [1.29, 1.82) is 0 Å². The van der Waals surface area contributed by atoms with Gasteiger partial charge in [0.15, 0.2) is 16.6 Å². The van der Waals surface area contributed by atoms with E-state index in [4.69, 9.17) is 21.1 Å². The van der Waals surface area contributed by atoms with Gasteiger partial charge in [-0.15, -0.1) is 11.3 Å². The SMILES string of the molecule is CCOc1cc(/C=N\NC(=O)c2ccc(-c3csc(Nc4ccc(Cl)cc4)n3)cc2)cc(I)c1OCc1cccc2ccccc12. The molecule has 5 aromatic carbocycles. The van der Waals surface area contributed by atoms with Crippen molar-refractivity contribution in [1.82, 2.24) is 10.4 Å². The van der Waals surface area contributed by atoms with Gasteiger partial charge in [0.05, 0.1) is 22.1 Å². The van der Waals surface area contributed by atoms with Crippen LogP contribution in [0.15, 0.2) is 114 Å². The van der Waals surface area contributed by atoms with Gasteiger partial charge in [-0.3, -0.25) is 4.79 Å². The van der Waals surface area contributed by atoms with E-state index in [2.05, 4.69) is 67.7 Å². The molecule has 1 aromatic heterocycles. The number of fused-ring (bicyclic) bond motifs is 1. The molecule has 0 fully saturated rings. The summed E-state index contributed by atoms with van der Waals surface area (Å²) >= 11 is 9.70. The van der Waals surface area contributed by atoms with E-state index in [9.17, 15) is 4.79 Å². The molecule has 0 aliphatic heterocycles. The molecule has 230 valence electrons. The number of hydrazone groups is 1. The number of amides is 1. The van der Waals surface area contributed by atoms with Crippen LogP contribution in [-0.2, 0) is 6.61 Å². The van der Waals surface area contributed by atoms with E-state index in [1.54, 1.807) is 18.3 Å². The Balaban J connectivity index is 1.08. The van der Waals surface area contributed by atoms with Gasteiger partial charge in [0, 0.05) is 27.2 Å². The van der Waals surface area contributed by atoms with Gasteiger partial charge >= 0.3 is 0 Å². The lowest BCUT2D eigenvalue weighted by molar-refractivity contribution is 0.0955. The number of nitrogens with zero attached hydrogens (tertiary/aromatic N) is 2. The first-order chi connectivity index (χ1) is 22.5. The number of benzene rings is 5. The van der Waals surface area contributed by atoms with Gasteiger partial charge in [0.2, 0.25) is 0 Å². The molecule has 2 N–H and O–H groups in total. The van der Waals surface area contributed by atoms with Crippen LogP contribution in [0.25, 0.3) is 22.0 Å². The third-order valence-corrected chi connectivity index (χ3v) is 8.82. The molecule has 1 amide bonds. The molecule has 10 heteroatoms. The summed E-state index contributed by atoms with van der Waals surface area (Å²) in [6.45, 7) is 2.82. The molecule has 0 atom stereocenters. The highest BCUT2D eigenvalue weighted by Gasteiger charge is 2.14. The number of thiazole rings is 1. The van der Waals surface area contributed by atoms with E-state index in [-0.39, 0.29) is 5.91 Å². The summed E-state index contributed by atoms with van der Waals surface area (Å²) in [5.74, 6) is 0.970. The summed E-state index contributed by atoms with van der Waals surface area (Å²) in [4.78, 5) is 17.5. The first-order valence-electron chi connectivity index (χ1n) is 14.4. The Kier molecular flexibility index (Phi) is 10.1. The topological polar surface area (TPSA) is 84.8 Å². The van der Waals surface area contributed by atoms with Crippen LogP contribution >= 0.6 is 45.5 Å². The zero-order valence-corrected chi connectivity index (χ0v) is 28.4. The van der Waals surface area contributed by atoms with Gasteiger partial charge in [-0.1, -0.05) is 66.2 Å². The van der Waals surface area contributed by atoms with Gasteiger partial charge in [0.25, 0.3) is 5.91 Å². The number of hydrogen-bond acceptors (Lipinski definition) is 7. The number of aromatic nitrogens is 1. The molecular weight excluding hydrogens is 731 g/mol. The third-order valence-electron chi connectivity index (χ3n) is 7.01.